The summed E-state index contributed by atoms with van der Waals surface area (Å²) in [7, 11) is 0. The average Bonchev–Trinajstić information content (AvgIpc) is 3.32. The molecule has 0 aromatic carbocycles. The summed E-state index contributed by atoms with van der Waals surface area (Å²) in [5.74, 6) is 0. The van der Waals surface area contributed by atoms with Gasteiger partial charge in [0.15, 0.2) is 0 Å². The van der Waals surface area contributed by atoms with Crippen LogP contribution in [0.1, 0.15) is 43.0 Å². The van der Waals surface area contributed by atoms with Crippen LogP contribution in [0.2, 0.25) is 0 Å². The molecule has 0 bridgehead atoms. The number of amides is 2. The summed E-state index contributed by atoms with van der Waals surface area (Å²) in [6.45, 7) is 3.74. The Bertz CT molecular complexity index is 474. The Morgan fingerprint density at radius 1 is 1.43 bits per heavy atom. The van der Waals surface area contributed by atoms with Gasteiger partial charge in [-0.25, -0.2) is 4.79 Å². The zero-order valence-corrected chi connectivity index (χ0v) is 14.4. The van der Waals surface area contributed by atoms with E-state index in [0.717, 1.165) is 45.3 Å². The highest BCUT2D eigenvalue weighted by atomic mass is 32.1. The first-order chi connectivity index (χ1) is 11.3. The summed E-state index contributed by atoms with van der Waals surface area (Å²) in [4.78, 5) is 15.6. The van der Waals surface area contributed by atoms with E-state index in [1.807, 2.05) is 4.90 Å². The quantitative estimate of drug-likeness (QED) is 0.777. The fourth-order valence-electron chi connectivity index (χ4n) is 3.25. The van der Waals surface area contributed by atoms with Gasteiger partial charge in [0.05, 0.1) is 18.8 Å². The number of likely N-dealkylation sites (tertiary alicyclic amines) is 1. The van der Waals surface area contributed by atoms with E-state index >= 15 is 0 Å². The summed E-state index contributed by atoms with van der Waals surface area (Å²) < 4.78 is 11.1. The maximum Gasteiger partial charge on any atom is 0.317 e. The topological polar surface area (TPSA) is 50.8 Å². The smallest absolute Gasteiger partial charge is 0.317 e. The van der Waals surface area contributed by atoms with Crippen molar-refractivity contribution < 1.29 is 14.3 Å². The molecule has 0 aliphatic carbocycles. The fraction of sp³-hybridized carbons (Fsp3) is 0.706. The van der Waals surface area contributed by atoms with E-state index in [0.29, 0.717) is 19.8 Å². The number of hydrogen-bond donors (Lipinski definition) is 1. The number of nitrogens with one attached hydrogen (secondary N) is 1. The molecule has 2 saturated heterocycles. The fourth-order valence-corrected chi connectivity index (χ4v) is 4.12. The van der Waals surface area contributed by atoms with Crippen LogP contribution in [0.15, 0.2) is 17.5 Å². The van der Waals surface area contributed by atoms with Crippen LogP contribution in [-0.4, -0.2) is 49.9 Å². The van der Waals surface area contributed by atoms with E-state index in [9.17, 15) is 4.79 Å². The maximum atomic E-state index is 12.4. The van der Waals surface area contributed by atoms with E-state index in [-0.39, 0.29) is 18.2 Å². The molecule has 2 amide bonds. The minimum absolute atomic E-state index is 0.0556. The number of rotatable bonds is 7. The van der Waals surface area contributed by atoms with E-state index in [4.69, 9.17) is 9.47 Å². The first kappa shape index (κ1) is 16.7. The van der Waals surface area contributed by atoms with Crippen LogP contribution in [0.3, 0.4) is 0 Å². The molecule has 128 valence electrons. The Hall–Kier alpha value is -1.11. The van der Waals surface area contributed by atoms with Crippen molar-refractivity contribution in [1.82, 2.24) is 10.2 Å². The third-order valence-electron chi connectivity index (χ3n) is 4.45. The molecule has 2 aliphatic rings. The summed E-state index contributed by atoms with van der Waals surface area (Å²) in [5, 5.41) is 5.10. The molecule has 23 heavy (non-hydrogen) atoms. The molecule has 0 radical (unpaired) electrons. The Morgan fingerprint density at radius 2 is 2.39 bits per heavy atom. The third kappa shape index (κ3) is 4.68. The largest absolute Gasteiger partial charge is 0.379 e. The number of carbonyl (C=O) groups excluding carboxylic acids is 1. The van der Waals surface area contributed by atoms with Crippen LogP contribution >= 0.6 is 11.3 Å². The highest BCUT2D eigenvalue weighted by molar-refractivity contribution is 7.10. The average molecular weight is 338 g/mol. The molecule has 2 unspecified atom stereocenters. The lowest BCUT2D eigenvalue weighted by atomic mass is 10.2. The zero-order chi connectivity index (χ0) is 15.9. The molecule has 1 N–H and O–H groups in total. The van der Waals surface area contributed by atoms with Crippen LogP contribution < -0.4 is 5.32 Å². The summed E-state index contributed by atoms with van der Waals surface area (Å²) in [6, 6.07) is 4.49. The van der Waals surface area contributed by atoms with Gasteiger partial charge in [0.2, 0.25) is 0 Å². The molecular formula is C17H26N2O3S. The lowest BCUT2D eigenvalue weighted by Gasteiger charge is -2.24. The second kappa shape index (κ2) is 8.66. The number of thiophene rings is 1. The molecule has 6 heteroatoms. The van der Waals surface area contributed by atoms with Crippen molar-refractivity contribution >= 4 is 17.4 Å². The molecule has 2 atom stereocenters. The van der Waals surface area contributed by atoms with Gasteiger partial charge in [-0.2, -0.15) is 0 Å². The Balaban J connectivity index is 1.31. The van der Waals surface area contributed by atoms with E-state index in [1.54, 1.807) is 11.3 Å². The van der Waals surface area contributed by atoms with Crippen molar-refractivity contribution in [2.75, 3.05) is 32.9 Å². The number of carbonyl (C=O) groups is 1. The molecule has 0 saturated carbocycles. The molecule has 2 fully saturated rings. The van der Waals surface area contributed by atoms with Gasteiger partial charge in [-0.1, -0.05) is 6.07 Å². The molecule has 2 aliphatic heterocycles. The second-order valence-electron chi connectivity index (χ2n) is 6.16. The van der Waals surface area contributed by atoms with Gasteiger partial charge >= 0.3 is 6.03 Å². The van der Waals surface area contributed by atoms with E-state index in [1.165, 1.54) is 4.88 Å². The predicted octanol–water partition coefficient (Wildman–Crippen LogP) is 3.18. The van der Waals surface area contributed by atoms with Crippen molar-refractivity contribution in [1.29, 1.82) is 0 Å². The molecule has 3 rings (SSSR count). The summed E-state index contributed by atoms with van der Waals surface area (Å²) in [5.41, 5.74) is 0. The highest BCUT2D eigenvalue weighted by Gasteiger charge is 2.30. The summed E-state index contributed by atoms with van der Waals surface area (Å²) in [6.07, 6.45) is 5.52. The van der Waals surface area contributed by atoms with Crippen molar-refractivity contribution in [3.8, 4) is 0 Å². The number of nitrogens with zero attached hydrogens (tertiary/aromatic N) is 1. The molecule has 1 aromatic heterocycles. The van der Waals surface area contributed by atoms with Crippen molar-refractivity contribution in [3.05, 3.63) is 22.4 Å². The molecule has 1 aromatic rings. The molecule has 3 heterocycles. The van der Waals surface area contributed by atoms with Gasteiger partial charge in [0, 0.05) is 31.2 Å². The number of hydrogen-bond acceptors (Lipinski definition) is 4. The van der Waals surface area contributed by atoms with Gasteiger partial charge in [-0.05, 0) is 43.6 Å². The lowest BCUT2D eigenvalue weighted by Crippen LogP contribution is -2.39. The molecular weight excluding hydrogens is 312 g/mol. The molecule has 5 nitrogen and oxygen atoms in total. The van der Waals surface area contributed by atoms with Crippen molar-refractivity contribution in [2.24, 2.45) is 0 Å². The van der Waals surface area contributed by atoms with Crippen molar-refractivity contribution in [2.45, 2.75) is 44.2 Å². The first-order valence-electron chi connectivity index (χ1n) is 8.62. The first-order valence-corrected chi connectivity index (χ1v) is 9.50. The van der Waals surface area contributed by atoms with Crippen molar-refractivity contribution in [3.63, 3.8) is 0 Å². The molecule has 0 spiro atoms. The van der Waals surface area contributed by atoms with Crippen LogP contribution in [0.4, 0.5) is 4.79 Å². The Kier molecular flexibility index (Phi) is 6.30. The van der Waals surface area contributed by atoms with Gasteiger partial charge in [0.1, 0.15) is 0 Å². The SMILES string of the molecule is O=C(NCCCOCC1CCCO1)N1CCCC1c1cccs1. The predicted molar refractivity (Wildman–Crippen MR) is 90.8 cm³/mol. The van der Waals surface area contributed by atoms with Gasteiger partial charge in [-0.15, -0.1) is 11.3 Å². The standard InChI is InChI=1S/C17H26N2O3S/c20-17(18-8-4-10-21-13-14-5-2-11-22-14)19-9-1-6-15(19)16-7-3-12-23-16/h3,7,12,14-15H,1-2,4-6,8-11,13H2,(H,18,20). The monoisotopic (exact) mass is 338 g/mol. The van der Waals surface area contributed by atoms with Gasteiger partial charge in [0.25, 0.3) is 0 Å². The van der Waals surface area contributed by atoms with E-state index in [2.05, 4.69) is 22.8 Å². The minimum atomic E-state index is 0.0556. The van der Waals surface area contributed by atoms with E-state index < -0.39 is 0 Å². The number of ether oxygens (including phenoxy) is 2. The maximum absolute atomic E-state index is 12.4. The lowest BCUT2D eigenvalue weighted by molar-refractivity contribution is 0.0167. The van der Waals surface area contributed by atoms with Gasteiger partial charge < -0.3 is 19.7 Å². The Labute approximate surface area is 142 Å². The zero-order valence-electron chi connectivity index (χ0n) is 13.5. The van der Waals surface area contributed by atoms with Gasteiger partial charge in [-0.3, -0.25) is 0 Å². The summed E-state index contributed by atoms with van der Waals surface area (Å²) >= 11 is 1.73. The normalized spacial score (nSPS) is 24.3. The van der Waals surface area contributed by atoms with Crippen LogP contribution in [0.5, 0.6) is 0 Å². The minimum Gasteiger partial charge on any atom is -0.379 e. The van der Waals surface area contributed by atoms with Crippen LogP contribution in [0, 0.1) is 0 Å². The highest BCUT2D eigenvalue weighted by Crippen LogP contribution is 2.34. The third-order valence-corrected chi connectivity index (χ3v) is 5.43. The van der Waals surface area contributed by atoms with Crippen LogP contribution in [0.25, 0.3) is 0 Å². The Morgan fingerprint density at radius 3 is 3.17 bits per heavy atom. The number of urea groups is 1. The second-order valence-corrected chi connectivity index (χ2v) is 7.14. The van der Waals surface area contributed by atoms with Crippen LogP contribution in [-0.2, 0) is 9.47 Å².